The molecule has 1 aromatic rings. The summed E-state index contributed by atoms with van der Waals surface area (Å²) in [5, 5.41) is 0. The van der Waals surface area contributed by atoms with Gasteiger partial charge in [0.1, 0.15) is 11.5 Å². The molecule has 4 nitrogen and oxygen atoms in total. The molecule has 4 heteroatoms. The van der Waals surface area contributed by atoms with Crippen molar-refractivity contribution in [3.63, 3.8) is 0 Å². The van der Waals surface area contributed by atoms with Gasteiger partial charge in [0, 0.05) is 23.7 Å². The maximum Gasteiger partial charge on any atom is 0.127 e. The van der Waals surface area contributed by atoms with E-state index in [0.717, 1.165) is 23.5 Å². The third-order valence-corrected chi connectivity index (χ3v) is 3.02. The minimum absolute atomic E-state index is 0.143. The van der Waals surface area contributed by atoms with E-state index in [9.17, 15) is 0 Å². The summed E-state index contributed by atoms with van der Waals surface area (Å²) >= 11 is 0. The van der Waals surface area contributed by atoms with E-state index in [1.54, 1.807) is 14.2 Å². The number of hydrogen-bond donors (Lipinski definition) is 1. The van der Waals surface area contributed by atoms with Gasteiger partial charge >= 0.3 is 0 Å². The Morgan fingerprint density at radius 3 is 2.33 bits per heavy atom. The number of methoxy groups -OCH3 is 2. The molecule has 18 heavy (non-hydrogen) atoms. The van der Waals surface area contributed by atoms with E-state index in [0.29, 0.717) is 0 Å². The van der Waals surface area contributed by atoms with Crippen LogP contribution in [0.2, 0.25) is 0 Å². The number of nitrogens with two attached hydrogens (primary N) is 1. The van der Waals surface area contributed by atoms with Crippen LogP contribution in [0.25, 0.3) is 0 Å². The summed E-state index contributed by atoms with van der Waals surface area (Å²) in [7, 11) is 7.43. The Hall–Kier alpha value is -1.26. The van der Waals surface area contributed by atoms with Crippen molar-refractivity contribution in [3.05, 3.63) is 23.8 Å². The Balaban J connectivity index is 3.10. The predicted molar refractivity (Wildman–Crippen MR) is 74.2 cm³/mol. The Bertz CT molecular complexity index is 378. The van der Waals surface area contributed by atoms with Gasteiger partial charge in [-0.2, -0.15) is 0 Å². The van der Waals surface area contributed by atoms with Gasteiger partial charge in [-0.25, -0.2) is 0 Å². The van der Waals surface area contributed by atoms with Crippen LogP contribution < -0.4 is 15.2 Å². The van der Waals surface area contributed by atoms with Gasteiger partial charge in [-0.3, -0.25) is 0 Å². The van der Waals surface area contributed by atoms with Gasteiger partial charge in [0.05, 0.1) is 14.2 Å². The van der Waals surface area contributed by atoms with Crippen molar-refractivity contribution >= 4 is 0 Å². The number of rotatable bonds is 6. The van der Waals surface area contributed by atoms with Crippen LogP contribution in [0.3, 0.4) is 0 Å². The van der Waals surface area contributed by atoms with Crippen molar-refractivity contribution in [1.29, 1.82) is 0 Å². The first-order valence-electron chi connectivity index (χ1n) is 6.13. The number of hydrogen-bond acceptors (Lipinski definition) is 4. The highest BCUT2D eigenvalue weighted by atomic mass is 16.5. The molecule has 2 atom stereocenters. The lowest BCUT2D eigenvalue weighted by atomic mass is 9.98. The average molecular weight is 252 g/mol. The first-order chi connectivity index (χ1) is 8.49. The van der Waals surface area contributed by atoms with Crippen molar-refractivity contribution in [1.82, 2.24) is 4.90 Å². The molecule has 1 aromatic carbocycles. The number of nitrogens with zero attached hydrogens (tertiary/aromatic N) is 1. The van der Waals surface area contributed by atoms with Crippen molar-refractivity contribution in [3.8, 4) is 11.5 Å². The second-order valence-corrected chi connectivity index (χ2v) is 4.80. The minimum Gasteiger partial charge on any atom is -0.497 e. The third kappa shape index (κ3) is 3.62. The van der Waals surface area contributed by atoms with Gasteiger partial charge in [-0.1, -0.05) is 6.07 Å². The Morgan fingerprint density at radius 1 is 1.22 bits per heavy atom. The van der Waals surface area contributed by atoms with Crippen LogP contribution in [0, 0.1) is 0 Å². The molecule has 0 aliphatic heterocycles. The fraction of sp³-hybridized carbons (Fsp3) is 0.571. The summed E-state index contributed by atoms with van der Waals surface area (Å²) < 4.78 is 10.7. The molecule has 0 amide bonds. The van der Waals surface area contributed by atoms with Crippen molar-refractivity contribution < 1.29 is 9.47 Å². The molecular weight excluding hydrogens is 228 g/mol. The second kappa shape index (κ2) is 6.61. The highest BCUT2D eigenvalue weighted by molar-refractivity contribution is 5.42. The number of ether oxygens (including phenoxy) is 2. The predicted octanol–water partition coefficient (Wildman–Crippen LogP) is 2.04. The monoisotopic (exact) mass is 252 g/mol. The molecule has 0 aromatic heterocycles. The summed E-state index contributed by atoms with van der Waals surface area (Å²) in [5.41, 5.74) is 7.06. The summed E-state index contributed by atoms with van der Waals surface area (Å²) in [5.74, 6) is 1.64. The standard InChI is InChI=1S/C14H24N2O2/c1-10(15)8-13(16(2)3)12-7-6-11(17-4)9-14(12)18-5/h6-7,9-10,13H,8,15H2,1-5H3. The van der Waals surface area contributed by atoms with Crippen molar-refractivity contribution in [2.45, 2.75) is 25.4 Å². The van der Waals surface area contributed by atoms with Crippen LogP contribution in [0.15, 0.2) is 18.2 Å². The molecule has 0 spiro atoms. The zero-order valence-electron chi connectivity index (χ0n) is 11.9. The smallest absolute Gasteiger partial charge is 0.127 e. The molecule has 0 aliphatic rings. The van der Waals surface area contributed by atoms with Gasteiger partial charge in [-0.05, 0) is 33.5 Å². The lowest BCUT2D eigenvalue weighted by Gasteiger charge is -2.28. The Labute approximate surface area is 110 Å². The zero-order valence-corrected chi connectivity index (χ0v) is 11.9. The maximum atomic E-state index is 5.92. The summed E-state index contributed by atoms with van der Waals surface area (Å²) in [6.07, 6.45) is 0.885. The van der Waals surface area contributed by atoms with Crippen molar-refractivity contribution in [2.75, 3.05) is 28.3 Å². The zero-order chi connectivity index (χ0) is 13.7. The van der Waals surface area contributed by atoms with E-state index in [1.165, 1.54) is 0 Å². The Morgan fingerprint density at radius 2 is 1.89 bits per heavy atom. The molecule has 2 unspecified atom stereocenters. The van der Waals surface area contributed by atoms with E-state index >= 15 is 0 Å². The molecule has 102 valence electrons. The maximum absolute atomic E-state index is 5.92. The normalized spacial score (nSPS) is 14.4. The highest BCUT2D eigenvalue weighted by Crippen LogP contribution is 2.33. The number of benzene rings is 1. The molecule has 0 radical (unpaired) electrons. The molecule has 0 aliphatic carbocycles. The Kier molecular flexibility index (Phi) is 5.44. The van der Waals surface area contributed by atoms with Gasteiger partial charge in [0.25, 0.3) is 0 Å². The van der Waals surface area contributed by atoms with E-state index in [1.807, 2.05) is 25.1 Å². The largest absolute Gasteiger partial charge is 0.497 e. The summed E-state index contributed by atoms with van der Waals surface area (Å²) in [6.45, 7) is 2.02. The quantitative estimate of drug-likeness (QED) is 0.841. The van der Waals surface area contributed by atoms with Gasteiger partial charge in [-0.15, -0.1) is 0 Å². The molecule has 1 rings (SSSR count). The van der Waals surface area contributed by atoms with Gasteiger partial charge in [0.2, 0.25) is 0 Å². The fourth-order valence-electron chi connectivity index (χ4n) is 2.06. The molecule has 0 bridgehead atoms. The van der Waals surface area contributed by atoms with Gasteiger partial charge in [0.15, 0.2) is 0 Å². The molecular formula is C14H24N2O2. The van der Waals surface area contributed by atoms with Crippen LogP contribution in [0.5, 0.6) is 11.5 Å². The van der Waals surface area contributed by atoms with Crippen LogP contribution in [0.1, 0.15) is 24.9 Å². The van der Waals surface area contributed by atoms with Crippen LogP contribution in [0.4, 0.5) is 0 Å². The van der Waals surface area contributed by atoms with Gasteiger partial charge < -0.3 is 20.1 Å². The summed E-state index contributed by atoms with van der Waals surface area (Å²) in [6, 6.07) is 6.29. The first kappa shape index (κ1) is 14.8. The average Bonchev–Trinajstić information content (AvgIpc) is 2.34. The fourth-order valence-corrected chi connectivity index (χ4v) is 2.06. The lowest BCUT2D eigenvalue weighted by Crippen LogP contribution is -2.27. The van der Waals surface area contributed by atoms with E-state index in [4.69, 9.17) is 15.2 Å². The van der Waals surface area contributed by atoms with E-state index in [2.05, 4.69) is 19.0 Å². The molecule has 2 N–H and O–H groups in total. The third-order valence-electron chi connectivity index (χ3n) is 3.02. The molecule has 0 saturated carbocycles. The van der Waals surface area contributed by atoms with E-state index in [-0.39, 0.29) is 12.1 Å². The molecule has 0 saturated heterocycles. The first-order valence-corrected chi connectivity index (χ1v) is 6.13. The van der Waals surface area contributed by atoms with E-state index < -0.39 is 0 Å². The second-order valence-electron chi connectivity index (χ2n) is 4.80. The summed E-state index contributed by atoms with van der Waals surface area (Å²) in [4.78, 5) is 2.16. The van der Waals surface area contributed by atoms with Crippen LogP contribution in [-0.2, 0) is 0 Å². The minimum atomic E-state index is 0.143. The van der Waals surface area contributed by atoms with Crippen LogP contribution in [-0.4, -0.2) is 39.3 Å². The van der Waals surface area contributed by atoms with Crippen molar-refractivity contribution in [2.24, 2.45) is 5.73 Å². The van der Waals surface area contributed by atoms with Crippen LogP contribution >= 0.6 is 0 Å². The lowest BCUT2D eigenvalue weighted by molar-refractivity contribution is 0.263. The SMILES string of the molecule is COc1ccc(C(CC(C)N)N(C)C)c(OC)c1. The molecule has 0 heterocycles. The highest BCUT2D eigenvalue weighted by Gasteiger charge is 2.20. The topological polar surface area (TPSA) is 47.7 Å². The molecule has 0 fully saturated rings.